The number of hydrogen-bond acceptors (Lipinski definition) is 6. The predicted octanol–water partition coefficient (Wildman–Crippen LogP) is 3.22. The maximum absolute atomic E-state index is 5.32. The minimum atomic E-state index is 0.841. The fraction of sp³-hybridized carbons (Fsp3) is 0.412. The van der Waals surface area contributed by atoms with Crippen molar-refractivity contribution in [2.24, 2.45) is 0 Å². The summed E-state index contributed by atoms with van der Waals surface area (Å²) in [7, 11) is 0. The summed E-state index contributed by atoms with van der Waals surface area (Å²) in [6, 6.07) is 8.41. The Bertz CT molecular complexity index is 817. The topological polar surface area (TPSA) is 45.4 Å². The van der Waals surface area contributed by atoms with Gasteiger partial charge < -0.3 is 9.42 Å². The first kappa shape index (κ1) is 14.7. The highest BCUT2D eigenvalue weighted by Gasteiger charge is 2.21. The number of rotatable bonds is 3. The van der Waals surface area contributed by atoms with E-state index in [4.69, 9.17) is 9.51 Å². The molecule has 3 aromatic rings. The molecule has 0 atom stereocenters. The van der Waals surface area contributed by atoms with Gasteiger partial charge in [-0.3, -0.25) is 4.90 Å². The lowest BCUT2D eigenvalue weighted by Gasteiger charge is -2.33. The van der Waals surface area contributed by atoms with Gasteiger partial charge in [0.2, 0.25) is 0 Å². The number of hydrogen-bond donors (Lipinski definition) is 0. The van der Waals surface area contributed by atoms with E-state index >= 15 is 0 Å². The van der Waals surface area contributed by atoms with E-state index in [0.717, 1.165) is 54.8 Å². The van der Waals surface area contributed by atoms with Crippen molar-refractivity contribution in [1.82, 2.24) is 15.0 Å². The fourth-order valence-corrected chi connectivity index (χ4v) is 4.11. The Kier molecular flexibility index (Phi) is 3.79. The minimum absolute atomic E-state index is 0.841. The van der Waals surface area contributed by atoms with Gasteiger partial charge in [0.15, 0.2) is 10.9 Å². The summed E-state index contributed by atoms with van der Waals surface area (Å²) in [6.07, 6.45) is 0. The first-order valence-electron chi connectivity index (χ1n) is 7.95. The zero-order chi connectivity index (χ0) is 15.8. The standard InChI is InChI=1S/C17H20N4OS/c1-12-4-3-5-15-16(12)18-17(23-15)21-8-6-20(7-9-21)11-14-10-13(2)19-22-14/h3-5,10H,6-9,11H2,1-2H3. The molecule has 120 valence electrons. The molecule has 1 aromatic carbocycles. The summed E-state index contributed by atoms with van der Waals surface area (Å²) in [6.45, 7) is 8.98. The predicted molar refractivity (Wildman–Crippen MR) is 93.1 cm³/mol. The third-order valence-corrected chi connectivity index (χ3v) is 5.39. The van der Waals surface area contributed by atoms with E-state index in [9.17, 15) is 0 Å². The van der Waals surface area contributed by atoms with Crippen molar-refractivity contribution in [3.8, 4) is 0 Å². The number of anilines is 1. The summed E-state index contributed by atoms with van der Waals surface area (Å²) < 4.78 is 6.59. The van der Waals surface area contributed by atoms with Crippen LogP contribution in [0.3, 0.4) is 0 Å². The highest BCUT2D eigenvalue weighted by atomic mass is 32.1. The molecule has 0 spiro atoms. The van der Waals surface area contributed by atoms with Gasteiger partial charge in [-0.25, -0.2) is 4.98 Å². The van der Waals surface area contributed by atoms with E-state index in [0.29, 0.717) is 0 Å². The van der Waals surface area contributed by atoms with Gasteiger partial charge >= 0.3 is 0 Å². The molecule has 4 rings (SSSR count). The van der Waals surface area contributed by atoms with Crippen LogP contribution >= 0.6 is 11.3 Å². The maximum atomic E-state index is 5.32. The Labute approximate surface area is 139 Å². The third-order valence-electron chi connectivity index (χ3n) is 4.31. The van der Waals surface area contributed by atoms with Crippen molar-refractivity contribution in [2.75, 3.05) is 31.1 Å². The van der Waals surface area contributed by atoms with Gasteiger partial charge in [-0.2, -0.15) is 0 Å². The number of nitrogens with zero attached hydrogens (tertiary/aromatic N) is 4. The van der Waals surface area contributed by atoms with Gasteiger partial charge in [-0.15, -0.1) is 0 Å². The molecule has 0 N–H and O–H groups in total. The van der Waals surface area contributed by atoms with Crippen molar-refractivity contribution in [3.63, 3.8) is 0 Å². The lowest BCUT2D eigenvalue weighted by Crippen LogP contribution is -2.45. The molecule has 3 heterocycles. The van der Waals surface area contributed by atoms with Crippen LogP contribution in [-0.2, 0) is 6.54 Å². The van der Waals surface area contributed by atoms with Crippen LogP contribution in [0.2, 0.25) is 0 Å². The number of aromatic nitrogens is 2. The van der Waals surface area contributed by atoms with Crippen LogP contribution in [0.15, 0.2) is 28.8 Å². The molecule has 23 heavy (non-hydrogen) atoms. The maximum Gasteiger partial charge on any atom is 0.186 e. The van der Waals surface area contributed by atoms with E-state index in [1.165, 1.54) is 10.3 Å². The lowest BCUT2D eigenvalue weighted by molar-refractivity contribution is 0.219. The molecule has 0 radical (unpaired) electrons. The number of benzene rings is 1. The van der Waals surface area contributed by atoms with Crippen molar-refractivity contribution in [3.05, 3.63) is 41.3 Å². The Balaban J connectivity index is 1.43. The average molecular weight is 328 g/mol. The zero-order valence-electron chi connectivity index (χ0n) is 13.5. The SMILES string of the molecule is Cc1cc(CN2CCN(c3nc4c(C)cccc4s3)CC2)on1. The minimum Gasteiger partial charge on any atom is -0.360 e. The summed E-state index contributed by atoms with van der Waals surface area (Å²) in [5.74, 6) is 0.951. The molecule has 5 nitrogen and oxygen atoms in total. The van der Waals surface area contributed by atoms with Crippen LogP contribution in [0, 0.1) is 13.8 Å². The highest BCUT2D eigenvalue weighted by Crippen LogP contribution is 2.31. The molecule has 2 aromatic heterocycles. The van der Waals surface area contributed by atoms with Crippen LogP contribution in [0.4, 0.5) is 5.13 Å². The van der Waals surface area contributed by atoms with Gasteiger partial charge in [0.05, 0.1) is 22.5 Å². The normalized spacial score (nSPS) is 16.3. The Morgan fingerprint density at radius 1 is 1.17 bits per heavy atom. The van der Waals surface area contributed by atoms with E-state index < -0.39 is 0 Å². The first-order valence-corrected chi connectivity index (χ1v) is 8.76. The van der Waals surface area contributed by atoms with Crippen LogP contribution < -0.4 is 4.90 Å². The molecular formula is C17H20N4OS. The molecular weight excluding hydrogens is 308 g/mol. The van der Waals surface area contributed by atoms with E-state index in [1.54, 1.807) is 11.3 Å². The number of para-hydroxylation sites is 1. The van der Waals surface area contributed by atoms with Gasteiger partial charge in [-0.1, -0.05) is 28.6 Å². The quantitative estimate of drug-likeness (QED) is 0.739. The van der Waals surface area contributed by atoms with E-state index in [2.05, 4.69) is 40.1 Å². The second kappa shape index (κ2) is 5.94. The van der Waals surface area contributed by atoms with Crippen molar-refractivity contribution < 1.29 is 4.52 Å². The summed E-state index contributed by atoms with van der Waals surface area (Å²) in [4.78, 5) is 9.65. The van der Waals surface area contributed by atoms with E-state index in [-0.39, 0.29) is 0 Å². The van der Waals surface area contributed by atoms with Crippen molar-refractivity contribution in [2.45, 2.75) is 20.4 Å². The second-order valence-electron chi connectivity index (χ2n) is 6.12. The smallest absolute Gasteiger partial charge is 0.186 e. The molecule has 0 aliphatic carbocycles. The van der Waals surface area contributed by atoms with Gasteiger partial charge in [-0.05, 0) is 25.5 Å². The molecule has 0 bridgehead atoms. The third kappa shape index (κ3) is 2.96. The van der Waals surface area contributed by atoms with E-state index in [1.807, 2.05) is 13.0 Å². The van der Waals surface area contributed by atoms with Crippen LogP contribution in [0.5, 0.6) is 0 Å². The van der Waals surface area contributed by atoms with Crippen molar-refractivity contribution >= 4 is 26.7 Å². The van der Waals surface area contributed by atoms with Crippen LogP contribution in [0.25, 0.3) is 10.2 Å². The average Bonchev–Trinajstić information content (AvgIpc) is 3.15. The monoisotopic (exact) mass is 328 g/mol. The Morgan fingerprint density at radius 3 is 2.70 bits per heavy atom. The van der Waals surface area contributed by atoms with Crippen LogP contribution in [-0.4, -0.2) is 41.2 Å². The molecule has 1 fully saturated rings. The first-order chi connectivity index (χ1) is 11.2. The second-order valence-corrected chi connectivity index (χ2v) is 7.12. The summed E-state index contributed by atoms with van der Waals surface area (Å²) >= 11 is 1.79. The lowest BCUT2D eigenvalue weighted by atomic mass is 10.2. The van der Waals surface area contributed by atoms with Gasteiger partial charge in [0.1, 0.15) is 0 Å². The largest absolute Gasteiger partial charge is 0.360 e. The molecule has 0 unspecified atom stereocenters. The molecule has 1 saturated heterocycles. The fourth-order valence-electron chi connectivity index (χ4n) is 3.02. The number of aryl methyl sites for hydroxylation is 2. The summed E-state index contributed by atoms with van der Waals surface area (Å²) in [5, 5.41) is 5.10. The molecule has 1 aliphatic rings. The Morgan fingerprint density at radius 2 is 2.00 bits per heavy atom. The molecule has 6 heteroatoms. The van der Waals surface area contributed by atoms with Gasteiger partial charge in [0.25, 0.3) is 0 Å². The van der Waals surface area contributed by atoms with Crippen LogP contribution in [0.1, 0.15) is 17.0 Å². The molecule has 0 saturated carbocycles. The Hall–Kier alpha value is -1.92. The van der Waals surface area contributed by atoms with Crippen molar-refractivity contribution in [1.29, 1.82) is 0 Å². The number of thiazole rings is 1. The summed E-state index contributed by atoms with van der Waals surface area (Å²) in [5.41, 5.74) is 3.35. The molecule has 1 aliphatic heterocycles. The zero-order valence-corrected chi connectivity index (χ0v) is 14.3. The number of piperazine rings is 1. The number of fused-ring (bicyclic) bond motifs is 1. The highest BCUT2D eigenvalue weighted by molar-refractivity contribution is 7.22. The molecule has 0 amide bonds. The van der Waals surface area contributed by atoms with Gasteiger partial charge in [0, 0.05) is 32.2 Å².